The fourth-order valence-electron chi connectivity index (χ4n) is 2.92. The van der Waals surface area contributed by atoms with Gasteiger partial charge in [0.25, 0.3) is 0 Å². The van der Waals surface area contributed by atoms with E-state index in [2.05, 4.69) is 43.4 Å². The summed E-state index contributed by atoms with van der Waals surface area (Å²) in [7, 11) is 0. The first-order chi connectivity index (χ1) is 8.65. The van der Waals surface area contributed by atoms with Gasteiger partial charge in [-0.25, -0.2) is 0 Å². The van der Waals surface area contributed by atoms with Crippen molar-refractivity contribution >= 4 is 0 Å². The largest absolute Gasteiger partial charge is 0.380 e. The topological polar surface area (TPSA) is 21.3 Å². The third-order valence-corrected chi connectivity index (χ3v) is 4.37. The average Bonchev–Trinajstić information content (AvgIpc) is 2.24. The number of rotatable bonds is 4. The molecule has 1 heterocycles. The van der Waals surface area contributed by atoms with Gasteiger partial charge in [-0.15, -0.1) is 0 Å². The summed E-state index contributed by atoms with van der Waals surface area (Å²) >= 11 is 0. The van der Waals surface area contributed by atoms with Crippen molar-refractivity contribution in [3.63, 3.8) is 0 Å². The predicted octanol–water partition coefficient (Wildman–Crippen LogP) is 2.87. The van der Waals surface area contributed by atoms with E-state index in [4.69, 9.17) is 4.74 Å². The second-order valence-electron chi connectivity index (χ2n) is 6.46. The Hall–Kier alpha value is -0.860. The summed E-state index contributed by atoms with van der Waals surface area (Å²) in [6.07, 6.45) is 2.58. The van der Waals surface area contributed by atoms with Crippen molar-refractivity contribution in [2.45, 2.75) is 38.6 Å². The molecule has 0 amide bonds. The van der Waals surface area contributed by atoms with Crippen LogP contribution in [0.5, 0.6) is 0 Å². The lowest BCUT2D eigenvalue weighted by atomic mass is 9.75. The van der Waals surface area contributed by atoms with Crippen molar-refractivity contribution in [3.05, 3.63) is 35.4 Å². The molecule has 2 nitrogen and oxygen atoms in total. The van der Waals surface area contributed by atoms with E-state index in [0.717, 1.165) is 25.7 Å². The van der Waals surface area contributed by atoms with E-state index < -0.39 is 0 Å². The molecule has 1 saturated heterocycles. The van der Waals surface area contributed by atoms with Crippen LogP contribution in [0.2, 0.25) is 0 Å². The Morgan fingerprint density at radius 2 is 2.11 bits per heavy atom. The van der Waals surface area contributed by atoms with Gasteiger partial charge in [0.15, 0.2) is 0 Å². The van der Waals surface area contributed by atoms with Gasteiger partial charge in [-0.05, 0) is 31.2 Å². The maximum Gasteiger partial charge on any atom is 0.0554 e. The number of benzene rings is 1. The first kappa shape index (κ1) is 12.2. The Kier molecular flexibility index (Phi) is 3.16. The molecule has 98 valence electrons. The van der Waals surface area contributed by atoms with Crippen LogP contribution in [0.25, 0.3) is 0 Å². The summed E-state index contributed by atoms with van der Waals surface area (Å²) in [5.74, 6) is 0.771. The van der Waals surface area contributed by atoms with Crippen molar-refractivity contribution in [1.82, 2.24) is 5.32 Å². The monoisotopic (exact) mass is 245 g/mol. The van der Waals surface area contributed by atoms with Gasteiger partial charge in [-0.3, -0.25) is 0 Å². The van der Waals surface area contributed by atoms with Crippen LogP contribution in [0.3, 0.4) is 0 Å². The molecule has 0 atom stereocenters. The zero-order chi connectivity index (χ0) is 12.6. The second-order valence-corrected chi connectivity index (χ2v) is 6.46. The molecule has 1 saturated carbocycles. The average molecular weight is 245 g/mol. The zero-order valence-electron chi connectivity index (χ0n) is 11.4. The summed E-state index contributed by atoms with van der Waals surface area (Å²) in [5, 5.41) is 3.70. The third-order valence-electron chi connectivity index (χ3n) is 4.37. The van der Waals surface area contributed by atoms with Gasteiger partial charge in [0.05, 0.1) is 13.2 Å². The van der Waals surface area contributed by atoms with Gasteiger partial charge >= 0.3 is 0 Å². The van der Waals surface area contributed by atoms with Gasteiger partial charge < -0.3 is 10.1 Å². The number of ether oxygens (including phenoxy) is 1. The highest BCUT2D eigenvalue weighted by Crippen LogP contribution is 2.37. The smallest absolute Gasteiger partial charge is 0.0554 e. The highest BCUT2D eigenvalue weighted by Gasteiger charge is 2.36. The molecular formula is C16H23NO. The minimum atomic E-state index is 0.397. The molecular weight excluding hydrogens is 222 g/mol. The van der Waals surface area contributed by atoms with Gasteiger partial charge in [0, 0.05) is 18.0 Å². The lowest BCUT2D eigenvalue weighted by molar-refractivity contribution is -0.101. The minimum Gasteiger partial charge on any atom is -0.380 e. The fraction of sp³-hybridized carbons (Fsp3) is 0.625. The number of nitrogens with one attached hydrogen (secondary N) is 1. The standard InChI is InChI=1S/C16H23NO/c1-12-4-3-5-13(6-12)14-7-15(8-14)17-9-16(2)10-18-11-16/h3-6,14-15,17H,7-11H2,1-2H3. The van der Waals surface area contributed by atoms with Crippen LogP contribution in [0.1, 0.15) is 36.8 Å². The van der Waals surface area contributed by atoms with Crippen LogP contribution in [0.4, 0.5) is 0 Å². The van der Waals surface area contributed by atoms with Gasteiger partial charge in [-0.2, -0.15) is 0 Å². The second kappa shape index (κ2) is 4.67. The predicted molar refractivity (Wildman–Crippen MR) is 73.9 cm³/mol. The van der Waals surface area contributed by atoms with Crippen LogP contribution >= 0.6 is 0 Å². The third kappa shape index (κ3) is 2.45. The Morgan fingerprint density at radius 1 is 1.33 bits per heavy atom. The molecule has 2 fully saturated rings. The van der Waals surface area contributed by atoms with Crippen molar-refractivity contribution in [1.29, 1.82) is 0 Å². The van der Waals surface area contributed by atoms with Crippen LogP contribution in [0.15, 0.2) is 24.3 Å². The summed E-state index contributed by atoms with van der Waals surface area (Å²) < 4.78 is 5.29. The number of hydrogen-bond donors (Lipinski definition) is 1. The van der Waals surface area contributed by atoms with E-state index in [0.29, 0.717) is 11.5 Å². The molecule has 2 aliphatic rings. The SMILES string of the molecule is Cc1cccc(C2CC(NCC3(C)COC3)C2)c1. The molecule has 1 N–H and O–H groups in total. The van der Waals surface area contributed by atoms with E-state index >= 15 is 0 Å². The Balaban J connectivity index is 1.45. The van der Waals surface area contributed by atoms with E-state index in [-0.39, 0.29) is 0 Å². The quantitative estimate of drug-likeness (QED) is 0.880. The lowest BCUT2D eigenvalue weighted by Gasteiger charge is -2.42. The molecule has 3 rings (SSSR count). The van der Waals surface area contributed by atoms with Crippen LogP contribution < -0.4 is 5.32 Å². The maximum absolute atomic E-state index is 5.29. The van der Waals surface area contributed by atoms with Crippen molar-refractivity contribution in [3.8, 4) is 0 Å². The Labute approximate surface area is 110 Å². The zero-order valence-corrected chi connectivity index (χ0v) is 11.4. The van der Waals surface area contributed by atoms with Gasteiger partial charge in [-0.1, -0.05) is 36.8 Å². The number of hydrogen-bond acceptors (Lipinski definition) is 2. The Morgan fingerprint density at radius 3 is 2.72 bits per heavy atom. The highest BCUT2D eigenvalue weighted by molar-refractivity contribution is 5.27. The molecule has 2 heteroatoms. The molecule has 0 unspecified atom stereocenters. The van der Waals surface area contributed by atoms with Crippen molar-refractivity contribution in [2.24, 2.45) is 5.41 Å². The minimum absolute atomic E-state index is 0.397. The molecule has 0 aromatic heterocycles. The molecule has 0 radical (unpaired) electrons. The van der Waals surface area contributed by atoms with E-state index in [9.17, 15) is 0 Å². The summed E-state index contributed by atoms with van der Waals surface area (Å²) in [6, 6.07) is 9.68. The molecule has 0 spiro atoms. The van der Waals surface area contributed by atoms with Crippen LogP contribution in [-0.4, -0.2) is 25.8 Å². The molecule has 1 aromatic carbocycles. The van der Waals surface area contributed by atoms with E-state index in [1.165, 1.54) is 24.0 Å². The fourth-order valence-corrected chi connectivity index (χ4v) is 2.92. The molecule has 1 aliphatic carbocycles. The molecule has 1 aliphatic heterocycles. The molecule has 18 heavy (non-hydrogen) atoms. The normalized spacial score (nSPS) is 29.4. The van der Waals surface area contributed by atoms with Crippen molar-refractivity contribution < 1.29 is 4.74 Å². The molecule has 1 aromatic rings. The van der Waals surface area contributed by atoms with E-state index in [1.807, 2.05) is 0 Å². The summed E-state index contributed by atoms with van der Waals surface area (Å²) in [4.78, 5) is 0. The van der Waals surface area contributed by atoms with Gasteiger partial charge in [0.1, 0.15) is 0 Å². The lowest BCUT2D eigenvalue weighted by Crippen LogP contribution is -2.51. The summed E-state index contributed by atoms with van der Waals surface area (Å²) in [5.41, 5.74) is 3.29. The summed E-state index contributed by atoms with van der Waals surface area (Å²) in [6.45, 7) is 7.44. The first-order valence-electron chi connectivity index (χ1n) is 7.02. The highest BCUT2D eigenvalue weighted by atomic mass is 16.5. The number of aryl methyl sites for hydroxylation is 1. The van der Waals surface area contributed by atoms with E-state index in [1.54, 1.807) is 0 Å². The van der Waals surface area contributed by atoms with Crippen LogP contribution in [-0.2, 0) is 4.74 Å². The Bertz CT molecular complexity index is 419. The van der Waals surface area contributed by atoms with Crippen molar-refractivity contribution in [2.75, 3.05) is 19.8 Å². The molecule has 0 bridgehead atoms. The first-order valence-corrected chi connectivity index (χ1v) is 7.02. The van der Waals surface area contributed by atoms with Gasteiger partial charge in [0.2, 0.25) is 0 Å². The maximum atomic E-state index is 5.29. The van der Waals surface area contributed by atoms with Crippen LogP contribution in [0, 0.1) is 12.3 Å².